The zero-order valence-corrected chi connectivity index (χ0v) is 18.4. The minimum absolute atomic E-state index is 0.385. The molecule has 0 amide bonds. The van der Waals surface area contributed by atoms with Crippen LogP contribution in [0.5, 0.6) is 0 Å². The maximum Gasteiger partial charge on any atom is 0.243 e. The van der Waals surface area contributed by atoms with Crippen LogP contribution >= 0.6 is 0 Å². The molecule has 1 aliphatic carbocycles. The van der Waals surface area contributed by atoms with Gasteiger partial charge in [-0.05, 0) is 90.6 Å². The van der Waals surface area contributed by atoms with Crippen LogP contribution in [-0.2, 0) is 36.0 Å². The second-order valence-corrected chi connectivity index (χ2v) is 10.5. The maximum absolute atomic E-state index is 13.4. The van der Waals surface area contributed by atoms with Gasteiger partial charge in [-0.1, -0.05) is 48.0 Å². The van der Waals surface area contributed by atoms with E-state index in [2.05, 4.69) is 37.3 Å². The summed E-state index contributed by atoms with van der Waals surface area (Å²) in [6.07, 6.45) is 4.52. The third-order valence-electron chi connectivity index (χ3n) is 6.72. The Labute approximate surface area is 179 Å². The van der Waals surface area contributed by atoms with E-state index < -0.39 is 10.0 Å². The molecular weight excluding hydrogens is 390 g/mol. The van der Waals surface area contributed by atoms with Gasteiger partial charge in [-0.15, -0.1) is 0 Å². The smallest absolute Gasteiger partial charge is 0.207 e. The Morgan fingerprint density at radius 1 is 0.733 bits per heavy atom. The highest BCUT2D eigenvalue weighted by molar-refractivity contribution is 7.89. The van der Waals surface area contributed by atoms with Crippen LogP contribution in [0.4, 0.5) is 0 Å². The Balaban J connectivity index is 1.63. The number of fused-ring (bicyclic) bond motifs is 3. The summed E-state index contributed by atoms with van der Waals surface area (Å²) in [5.41, 5.74) is 10.2. The van der Waals surface area contributed by atoms with E-state index in [1.807, 2.05) is 19.1 Å². The fourth-order valence-corrected chi connectivity index (χ4v) is 6.51. The molecule has 0 atom stereocenters. The van der Waals surface area contributed by atoms with Gasteiger partial charge in [-0.3, -0.25) is 0 Å². The molecule has 0 radical (unpaired) electrons. The van der Waals surface area contributed by atoms with E-state index in [1.54, 1.807) is 16.4 Å². The van der Waals surface area contributed by atoms with Crippen molar-refractivity contribution in [2.45, 2.75) is 57.5 Å². The quantitative estimate of drug-likeness (QED) is 0.560. The Morgan fingerprint density at radius 2 is 1.37 bits per heavy atom. The van der Waals surface area contributed by atoms with Crippen LogP contribution in [0, 0.1) is 13.8 Å². The Morgan fingerprint density at radius 3 is 2.07 bits per heavy atom. The van der Waals surface area contributed by atoms with Crippen molar-refractivity contribution in [3.8, 4) is 11.1 Å². The zero-order valence-electron chi connectivity index (χ0n) is 17.6. The molecule has 0 N–H and O–H groups in total. The highest BCUT2D eigenvalue weighted by Crippen LogP contribution is 2.43. The first kappa shape index (κ1) is 19.5. The molecule has 3 aromatic rings. The molecule has 0 saturated heterocycles. The van der Waals surface area contributed by atoms with Crippen LogP contribution in [0.25, 0.3) is 11.1 Å². The van der Waals surface area contributed by atoms with Gasteiger partial charge >= 0.3 is 0 Å². The molecule has 154 valence electrons. The van der Waals surface area contributed by atoms with E-state index in [-0.39, 0.29) is 0 Å². The van der Waals surface area contributed by atoms with E-state index in [0.29, 0.717) is 18.0 Å². The first-order valence-corrected chi connectivity index (χ1v) is 12.2. The molecule has 1 aliphatic heterocycles. The number of benzene rings is 3. The molecule has 2 aliphatic rings. The molecule has 3 nitrogen and oxygen atoms in total. The maximum atomic E-state index is 13.4. The van der Waals surface area contributed by atoms with Crippen molar-refractivity contribution in [3.63, 3.8) is 0 Å². The number of nitrogens with zero attached hydrogens (tertiary/aromatic N) is 1. The minimum atomic E-state index is -3.51. The molecule has 0 unspecified atom stereocenters. The molecule has 0 aromatic heterocycles. The molecule has 4 heteroatoms. The van der Waals surface area contributed by atoms with Crippen LogP contribution in [0.1, 0.15) is 46.2 Å². The molecule has 1 heterocycles. The molecule has 3 aromatic carbocycles. The minimum Gasteiger partial charge on any atom is -0.207 e. The first-order valence-electron chi connectivity index (χ1n) is 10.7. The molecule has 0 bridgehead atoms. The lowest BCUT2D eigenvalue weighted by molar-refractivity contribution is 0.430. The number of sulfonamides is 1. The third kappa shape index (κ3) is 3.10. The van der Waals surface area contributed by atoms with Gasteiger partial charge < -0.3 is 0 Å². The molecule has 0 fully saturated rings. The van der Waals surface area contributed by atoms with Crippen molar-refractivity contribution >= 4 is 10.0 Å². The van der Waals surface area contributed by atoms with Gasteiger partial charge in [0.2, 0.25) is 10.0 Å². The lowest BCUT2D eigenvalue weighted by Gasteiger charge is -2.25. The van der Waals surface area contributed by atoms with E-state index in [4.69, 9.17) is 0 Å². The van der Waals surface area contributed by atoms with Crippen molar-refractivity contribution < 1.29 is 8.42 Å². The molecular formula is C26H27NO2S. The summed E-state index contributed by atoms with van der Waals surface area (Å²) in [5.74, 6) is 0. The van der Waals surface area contributed by atoms with Crippen molar-refractivity contribution in [2.75, 3.05) is 0 Å². The predicted molar refractivity (Wildman–Crippen MR) is 121 cm³/mol. The largest absolute Gasteiger partial charge is 0.243 e. The molecule has 5 rings (SSSR count). The van der Waals surface area contributed by atoms with Gasteiger partial charge in [0, 0.05) is 13.1 Å². The SMILES string of the molecule is Cc1ccc(S(=O)(=O)N2Cc3c(C)c(-c4ccccc4)c4c(c3C2)CCCC4)cc1. The molecule has 30 heavy (non-hydrogen) atoms. The predicted octanol–water partition coefficient (Wildman–Crippen LogP) is 5.55. The van der Waals surface area contributed by atoms with Crippen molar-refractivity contribution in [3.05, 3.63) is 88.0 Å². The highest BCUT2D eigenvalue weighted by atomic mass is 32.2. The summed E-state index contributed by atoms with van der Waals surface area (Å²) in [5, 5.41) is 0. The van der Waals surface area contributed by atoms with Crippen molar-refractivity contribution in [2.24, 2.45) is 0 Å². The lowest BCUT2D eigenvalue weighted by atomic mass is 9.79. The summed E-state index contributed by atoms with van der Waals surface area (Å²) in [4.78, 5) is 0.385. The van der Waals surface area contributed by atoms with E-state index in [0.717, 1.165) is 18.4 Å². The standard InChI is InChI=1S/C26H27NO2S/c1-18-12-14-21(15-13-18)30(28,29)27-16-24-19(2)26(20-8-4-3-5-9-20)23-11-7-6-10-22(23)25(24)17-27/h3-5,8-9,12-15H,6-7,10-11,16-17H2,1-2H3. The van der Waals surface area contributed by atoms with E-state index >= 15 is 0 Å². The summed E-state index contributed by atoms with van der Waals surface area (Å²) < 4.78 is 28.4. The van der Waals surface area contributed by atoms with Gasteiger partial charge in [0.05, 0.1) is 4.90 Å². The summed E-state index contributed by atoms with van der Waals surface area (Å²) in [6, 6.07) is 17.8. The highest BCUT2D eigenvalue weighted by Gasteiger charge is 2.35. The van der Waals surface area contributed by atoms with Crippen LogP contribution in [0.2, 0.25) is 0 Å². The molecule has 0 saturated carbocycles. The van der Waals surface area contributed by atoms with Gasteiger partial charge in [0.1, 0.15) is 0 Å². The Bertz CT molecular complexity index is 1210. The number of hydrogen-bond acceptors (Lipinski definition) is 2. The van der Waals surface area contributed by atoms with Crippen LogP contribution < -0.4 is 0 Å². The van der Waals surface area contributed by atoms with Crippen LogP contribution in [0.15, 0.2) is 59.5 Å². The Kier molecular flexibility index (Phi) is 4.79. The summed E-state index contributed by atoms with van der Waals surface area (Å²) in [7, 11) is -3.51. The third-order valence-corrected chi connectivity index (χ3v) is 8.52. The zero-order chi connectivity index (χ0) is 20.9. The number of hydrogen-bond donors (Lipinski definition) is 0. The number of rotatable bonds is 3. The fourth-order valence-electron chi connectivity index (χ4n) is 5.14. The summed E-state index contributed by atoms with van der Waals surface area (Å²) in [6.45, 7) is 5.11. The second-order valence-electron chi connectivity index (χ2n) is 8.57. The number of aryl methyl sites for hydroxylation is 1. The van der Waals surface area contributed by atoms with Crippen molar-refractivity contribution in [1.82, 2.24) is 4.31 Å². The first-order chi connectivity index (χ1) is 14.5. The Hall–Kier alpha value is -2.43. The lowest BCUT2D eigenvalue weighted by Crippen LogP contribution is -2.25. The average Bonchev–Trinajstić information content (AvgIpc) is 3.22. The van der Waals surface area contributed by atoms with Gasteiger partial charge in [-0.25, -0.2) is 8.42 Å². The normalized spacial score (nSPS) is 16.3. The van der Waals surface area contributed by atoms with E-state index in [1.165, 1.54) is 51.8 Å². The van der Waals surface area contributed by atoms with E-state index in [9.17, 15) is 8.42 Å². The van der Waals surface area contributed by atoms with Gasteiger partial charge in [0.25, 0.3) is 0 Å². The van der Waals surface area contributed by atoms with Crippen LogP contribution in [0.3, 0.4) is 0 Å². The fraction of sp³-hybridized carbons (Fsp3) is 0.308. The van der Waals surface area contributed by atoms with Crippen LogP contribution in [-0.4, -0.2) is 12.7 Å². The van der Waals surface area contributed by atoms with Gasteiger partial charge in [-0.2, -0.15) is 4.31 Å². The monoisotopic (exact) mass is 417 g/mol. The van der Waals surface area contributed by atoms with Gasteiger partial charge in [0.15, 0.2) is 0 Å². The topological polar surface area (TPSA) is 37.4 Å². The second kappa shape index (κ2) is 7.36. The summed E-state index contributed by atoms with van der Waals surface area (Å²) >= 11 is 0. The van der Waals surface area contributed by atoms with Crippen molar-refractivity contribution in [1.29, 1.82) is 0 Å². The average molecular weight is 418 g/mol. The molecule has 0 spiro atoms.